The number of hydrogen-bond acceptors (Lipinski definition) is 10. The van der Waals surface area contributed by atoms with Crippen molar-refractivity contribution in [2.45, 2.75) is 10.8 Å². The Morgan fingerprint density at radius 3 is 2.36 bits per heavy atom. The van der Waals surface area contributed by atoms with Crippen LogP contribution in [0.25, 0.3) is 0 Å². The van der Waals surface area contributed by atoms with Crippen molar-refractivity contribution >= 4 is 56.9 Å². The molecule has 0 saturated carbocycles. The molecule has 2 amide bonds. The van der Waals surface area contributed by atoms with Crippen molar-refractivity contribution in [3.8, 4) is 11.5 Å². The summed E-state index contributed by atoms with van der Waals surface area (Å²) in [4.78, 5) is 50.8. The number of alkyl halides is 4. The average Bonchev–Trinajstić information content (AvgIpc) is 3.06. The van der Waals surface area contributed by atoms with Crippen molar-refractivity contribution in [1.82, 2.24) is 5.32 Å². The molecule has 1 atom stereocenters. The Kier molecular flexibility index (Phi) is 8.81. The first-order chi connectivity index (χ1) is 18.2. The number of allylic oxidation sites excluding steroid dienone is 5. The molecule has 0 unspecified atom stereocenters. The fourth-order valence-corrected chi connectivity index (χ4v) is 34.9. The molecule has 0 bridgehead atoms. The molecule has 12 nitrogen and oxygen atoms in total. The van der Waals surface area contributed by atoms with E-state index in [2.05, 4.69) is 11.9 Å². The monoisotopic (exact) mass is 770 g/mol. The van der Waals surface area contributed by atoms with E-state index in [0.29, 0.717) is 5.75 Å². The molecule has 2 aliphatic rings. The number of carbonyl (C=O) groups is 4. The summed E-state index contributed by atoms with van der Waals surface area (Å²) in [5.74, 6) is -1.88. The van der Waals surface area contributed by atoms with Crippen LogP contribution in [0.2, 0.25) is 0 Å². The van der Waals surface area contributed by atoms with Crippen LogP contribution >= 0.6 is 37.3 Å². The second kappa shape index (κ2) is 11.4. The van der Waals surface area contributed by atoms with E-state index >= 15 is 0 Å². The van der Waals surface area contributed by atoms with E-state index < -0.39 is 84.1 Å². The summed E-state index contributed by atoms with van der Waals surface area (Å²) < 4.78 is 17.8. The summed E-state index contributed by atoms with van der Waals surface area (Å²) in [7, 11) is 1.48. The van der Waals surface area contributed by atoms with Crippen molar-refractivity contribution in [1.29, 1.82) is 0 Å². The van der Waals surface area contributed by atoms with E-state index in [1.807, 2.05) is 0 Å². The normalized spacial score (nSPS) is 25.8. The van der Waals surface area contributed by atoms with Gasteiger partial charge in [-0.05, 0) is 0 Å². The van der Waals surface area contributed by atoms with Gasteiger partial charge in [-0.2, -0.15) is 0 Å². The molecule has 0 fully saturated rings. The zero-order valence-electron chi connectivity index (χ0n) is 20.9. The standard InChI is InChI=1S/C25H28I2N2O10/c1-14-22(33)21(24(28)35)23(34)27(14,37,15(2)30)13-26-11-5-4-6-18(19(31)12-20(26)32)29-25(36)39-17-9-7-16(38-3)8-10-17/h4-10,12,14,30-31,33,37H,2,11,13H2,1,3H3,(H2,28,35)(H,29,36)/b5-4+,18-6+,19-12-/t14-/m1/s1. The molecule has 0 saturated heterocycles. The van der Waals surface area contributed by atoms with Crippen molar-refractivity contribution in [3.05, 3.63) is 81.7 Å². The topological polar surface area (TPSA) is 206 Å². The first-order valence-corrected chi connectivity index (χ1v) is 21.1. The molecule has 2 aliphatic heterocycles. The second-order valence-electron chi connectivity index (χ2n) is 8.25. The molecule has 7 N–H and O–H groups in total. The molecule has 212 valence electrons. The Morgan fingerprint density at radius 1 is 1.21 bits per heavy atom. The van der Waals surface area contributed by atoms with Gasteiger partial charge >= 0.3 is 226 Å². The Labute approximate surface area is 232 Å². The third kappa shape index (κ3) is 5.53. The number of hydrogen-bond donors (Lipinski definition) is 6. The third-order valence-electron chi connectivity index (χ3n) is 5.95. The number of benzene rings is 1. The van der Waals surface area contributed by atoms with Gasteiger partial charge in [0.05, 0.1) is 7.11 Å². The van der Waals surface area contributed by atoms with Crippen molar-refractivity contribution < 1.29 is 47.4 Å². The number of amides is 2. The summed E-state index contributed by atoms with van der Waals surface area (Å²) in [6, 6.07) is 6.15. The van der Waals surface area contributed by atoms with Gasteiger partial charge in [0, 0.05) is 0 Å². The van der Waals surface area contributed by atoms with E-state index in [9.17, 15) is 37.9 Å². The second-order valence-corrected chi connectivity index (χ2v) is 27.7. The van der Waals surface area contributed by atoms with E-state index in [1.165, 1.54) is 38.3 Å². The Bertz CT molecular complexity index is 1380. The molecule has 39 heavy (non-hydrogen) atoms. The number of nitrogens with one attached hydrogen (secondary N) is 1. The van der Waals surface area contributed by atoms with E-state index in [4.69, 9.17) is 15.2 Å². The summed E-state index contributed by atoms with van der Waals surface area (Å²) in [5, 5.41) is 34.0. The summed E-state index contributed by atoms with van der Waals surface area (Å²) in [5.41, 5.74) is 4.29. The van der Waals surface area contributed by atoms with Gasteiger partial charge in [-0.1, -0.05) is 0 Å². The number of aliphatic hydroxyl groups is 3. The summed E-state index contributed by atoms with van der Waals surface area (Å²) in [6.45, 7) is 4.67. The van der Waals surface area contributed by atoms with Gasteiger partial charge in [0.1, 0.15) is 0 Å². The van der Waals surface area contributed by atoms with Crippen LogP contribution in [-0.4, -0.2) is 56.2 Å². The van der Waals surface area contributed by atoms with Gasteiger partial charge in [-0.3, -0.25) is 0 Å². The number of halogens is 2. The molecular weight excluding hydrogens is 742 g/mol. The fourth-order valence-electron chi connectivity index (χ4n) is 3.66. The first kappa shape index (κ1) is 30.2. The van der Waals surface area contributed by atoms with Crippen LogP contribution in [0.4, 0.5) is 4.79 Å². The van der Waals surface area contributed by atoms with Crippen molar-refractivity contribution in [2.75, 3.05) is 14.0 Å². The number of rotatable bonds is 7. The predicted molar refractivity (Wildman–Crippen MR) is 160 cm³/mol. The van der Waals surface area contributed by atoms with Crippen molar-refractivity contribution in [3.63, 3.8) is 0 Å². The quantitative estimate of drug-likeness (QED) is 0.0784. The van der Waals surface area contributed by atoms with Gasteiger partial charge in [0.25, 0.3) is 0 Å². The number of primary amides is 1. The molecule has 3 rings (SSSR count). The maximum absolute atomic E-state index is 13.3. The van der Waals surface area contributed by atoms with Crippen LogP contribution in [0.3, 0.4) is 0 Å². The molecule has 1 aromatic rings. The number of methoxy groups -OCH3 is 1. The molecule has 1 aromatic carbocycles. The van der Waals surface area contributed by atoms with Crippen LogP contribution in [0.15, 0.2) is 81.7 Å². The molecule has 0 spiro atoms. The van der Waals surface area contributed by atoms with Gasteiger partial charge in [0.2, 0.25) is 0 Å². The van der Waals surface area contributed by atoms with Gasteiger partial charge < -0.3 is 0 Å². The van der Waals surface area contributed by atoms with Gasteiger partial charge in [-0.25, -0.2) is 0 Å². The van der Waals surface area contributed by atoms with Crippen LogP contribution in [-0.2, 0) is 14.4 Å². The SMILES string of the molecule is C=C(O)I1(O)(CI2C/C=C/C=C(NC(=O)Oc3ccc(OC)cc3)\C(O)=C\C2=O)C(=O)C(C(N)=O)=C(O)[C@H]1C. The maximum atomic E-state index is 13.3. The number of aliphatic hydroxyl groups excluding tert-OH is 3. The predicted octanol–water partition coefficient (Wildman–Crippen LogP) is 3.41. The number of nitrogens with two attached hydrogens (primary N) is 1. The Morgan fingerprint density at radius 2 is 1.82 bits per heavy atom. The van der Waals surface area contributed by atoms with E-state index in [1.54, 1.807) is 18.2 Å². The molecule has 0 aromatic heterocycles. The van der Waals surface area contributed by atoms with Gasteiger partial charge in [0.15, 0.2) is 0 Å². The minimum absolute atomic E-state index is 0.0882. The summed E-state index contributed by atoms with van der Waals surface area (Å²) in [6.07, 6.45) is 4.25. The molecule has 14 heteroatoms. The number of carbonyl (C=O) groups excluding carboxylic acids is 4. The molecular formula is C25H28I2N2O10. The van der Waals surface area contributed by atoms with Crippen molar-refractivity contribution in [2.24, 2.45) is 5.73 Å². The molecule has 0 aliphatic carbocycles. The Balaban J connectivity index is 1.86. The zero-order chi connectivity index (χ0) is 29.1. The number of ether oxygens (including phenoxy) is 2. The Hall–Kier alpha value is -3.38. The van der Waals surface area contributed by atoms with E-state index in [-0.39, 0.29) is 15.9 Å². The summed E-state index contributed by atoms with van der Waals surface area (Å²) >= 11 is -9.22. The average molecular weight is 770 g/mol. The minimum atomic E-state index is -6.04. The van der Waals surface area contributed by atoms with Crippen LogP contribution in [0, 0.1) is 0 Å². The fraction of sp³-hybridized carbons (Fsp3) is 0.200. The van der Waals surface area contributed by atoms with Crippen LogP contribution < -0.4 is 20.5 Å². The van der Waals surface area contributed by atoms with Crippen LogP contribution in [0.5, 0.6) is 11.5 Å². The van der Waals surface area contributed by atoms with E-state index in [0.717, 1.165) is 6.08 Å². The first-order valence-electron chi connectivity index (χ1n) is 11.0. The van der Waals surface area contributed by atoms with Crippen LogP contribution in [0.1, 0.15) is 6.92 Å². The molecule has 0 radical (unpaired) electrons. The zero-order valence-corrected chi connectivity index (χ0v) is 25.2. The molecule has 2 heterocycles. The third-order valence-corrected chi connectivity index (χ3v) is 33.8. The van der Waals surface area contributed by atoms with Gasteiger partial charge in [-0.15, -0.1) is 0 Å².